The third kappa shape index (κ3) is 3.75. The van der Waals surface area contributed by atoms with E-state index in [9.17, 15) is 17.6 Å². The van der Waals surface area contributed by atoms with Gasteiger partial charge in [-0.2, -0.15) is 0 Å². The molecule has 1 aliphatic heterocycles. The summed E-state index contributed by atoms with van der Waals surface area (Å²) in [6.07, 6.45) is 1.47. The van der Waals surface area contributed by atoms with Crippen LogP contribution < -0.4 is 10.5 Å². The third-order valence-electron chi connectivity index (χ3n) is 3.00. The van der Waals surface area contributed by atoms with E-state index in [1.807, 2.05) is 0 Å². The summed E-state index contributed by atoms with van der Waals surface area (Å²) >= 11 is 0. The lowest BCUT2D eigenvalue weighted by Gasteiger charge is -2.21. The first-order chi connectivity index (χ1) is 9.36. The fourth-order valence-corrected chi connectivity index (χ4v) is 2.56. The molecule has 20 heavy (non-hydrogen) atoms. The first kappa shape index (κ1) is 14.9. The number of carbonyl (C=O) groups is 1. The number of sulfonamides is 1. The number of anilines is 1. The van der Waals surface area contributed by atoms with Gasteiger partial charge in [0, 0.05) is 12.3 Å². The molecular weight excluding hydrogens is 287 g/mol. The summed E-state index contributed by atoms with van der Waals surface area (Å²) in [5.74, 6) is -1.42. The Morgan fingerprint density at radius 1 is 1.40 bits per heavy atom. The maximum absolute atomic E-state index is 13.4. The molecule has 6 nitrogen and oxygen atoms in total. The lowest BCUT2D eigenvalue weighted by molar-refractivity contribution is -0.123. The van der Waals surface area contributed by atoms with Crippen molar-refractivity contribution in [3.05, 3.63) is 24.0 Å². The van der Waals surface area contributed by atoms with Gasteiger partial charge in [0.25, 0.3) is 0 Å². The lowest BCUT2D eigenvalue weighted by atomic mass is 10.0. The Morgan fingerprint density at radius 3 is 2.75 bits per heavy atom. The largest absolute Gasteiger partial charge is 0.381 e. The predicted octanol–water partition coefficient (Wildman–Crippen LogP) is 0.838. The Kier molecular flexibility index (Phi) is 4.36. The van der Waals surface area contributed by atoms with Crippen molar-refractivity contribution in [2.75, 3.05) is 18.5 Å². The molecule has 1 aromatic rings. The van der Waals surface area contributed by atoms with Crippen molar-refractivity contribution in [2.45, 2.75) is 17.7 Å². The van der Waals surface area contributed by atoms with Crippen molar-refractivity contribution in [3.63, 3.8) is 0 Å². The number of ether oxygens (including phenoxy) is 1. The van der Waals surface area contributed by atoms with Crippen LogP contribution in [0, 0.1) is 11.7 Å². The highest BCUT2D eigenvalue weighted by atomic mass is 32.2. The Labute approximate surface area is 116 Å². The Morgan fingerprint density at radius 2 is 2.15 bits per heavy atom. The topological polar surface area (TPSA) is 98.5 Å². The fourth-order valence-electron chi connectivity index (χ4n) is 1.99. The van der Waals surface area contributed by atoms with Crippen LogP contribution >= 0.6 is 0 Å². The van der Waals surface area contributed by atoms with E-state index in [0.29, 0.717) is 19.6 Å². The number of rotatable bonds is 3. The van der Waals surface area contributed by atoms with Crippen LogP contribution in [0.25, 0.3) is 0 Å². The quantitative estimate of drug-likeness (QED) is 0.864. The summed E-state index contributed by atoms with van der Waals surface area (Å²) in [7, 11) is -4.02. The van der Waals surface area contributed by atoms with E-state index < -0.39 is 15.8 Å². The van der Waals surface area contributed by atoms with Gasteiger partial charge in [-0.1, -0.05) is 0 Å². The van der Waals surface area contributed by atoms with E-state index in [2.05, 4.69) is 5.32 Å². The molecule has 1 heterocycles. The van der Waals surface area contributed by atoms with Gasteiger partial charge in [-0.15, -0.1) is 0 Å². The summed E-state index contributed by atoms with van der Waals surface area (Å²) in [4.78, 5) is 11.6. The number of hydrogen-bond donors (Lipinski definition) is 2. The molecule has 1 atom stereocenters. The number of nitrogens with one attached hydrogen (secondary N) is 1. The molecule has 0 bridgehead atoms. The number of halogens is 1. The van der Waals surface area contributed by atoms with E-state index in [1.54, 1.807) is 0 Å². The highest BCUT2D eigenvalue weighted by Crippen LogP contribution is 2.20. The van der Waals surface area contributed by atoms with Gasteiger partial charge in [-0.25, -0.2) is 17.9 Å². The summed E-state index contributed by atoms with van der Waals surface area (Å²) < 4.78 is 41.0. The van der Waals surface area contributed by atoms with Crippen molar-refractivity contribution in [2.24, 2.45) is 11.1 Å². The average molecular weight is 302 g/mol. The molecular formula is C12H15FN2O4S. The smallest absolute Gasteiger partial charge is 0.238 e. The minimum absolute atomic E-state index is 0.0598. The first-order valence-electron chi connectivity index (χ1n) is 6.08. The van der Waals surface area contributed by atoms with E-state index in [0.717, 1.165) is 24.6 Å². The van der Waals surface area contributed by atoms with Crippen molar-refractivity contribution in [1.29, 1.82) is 0 Å². The highest BCUT2D eigenvalue weighted by molar-refractivity contribution is 7.89. The lowest BCUT2D eigenvalue weighted by Crippen LogP contribution is -2.30. The van der Waals surface area contributed by atoms with Crippen LogP contribution in [0.1, 0.15) is 12.8 Å². The maximum Gasteiger partial charge on any atom is 0.238 e. The zero-order chi connectivity index (χ0) is 14.8. The summed E-state index contributed by atoms with van der Waals surface area (Å²) in [6.45, 7) is 0.933. The molecule has 3 N–H and O–H groups in total. The van der Waals surface area contributed by atoms with Crippen LogP contribution in [-0.4, -0.2) is 27.5 Å². The van der Waals surface area contributed by atoms with Gasteiger partial charge in [-0.3, -0.25) is 4.79 Å². The Balaban J connectivity index is 2.16. The molecule has 8 heteroatoms. The van der Waals surface area contributed by atoms with Crippen LogP contribution in [0.2, 0.25) is 0 Å². The molecule has 1 aliphatic rings. The minimum Gasteiger partial charge on any atom is -0.381 e. The molecule has 0 aromatic heterocycles. The second-order valence-corrected chi connectivity index (χ2v) is 6.19. The maximum atomic E-state index is 13.4. The number of amides is 1. The Hall–Kier alpha value is -1.51. The van der Waals surface area contributed by atoms with Gasteiger partial charge >= 0.3 is 0 Å². The van der Waals surface area contributed by atoms with E-state index in [4.69, 9.17) is 9.88 Å². The van der Waals surface area contributed by atoms with Crippen molar-refractivity contribution in [3.8, 4) is 0 Å². The van der Waals surface area contributed by atoms with Crippen LogP contribution in [0.4, 0.5) is 10.1 Å². The molecule has 1 saturated heterocycles. The zero-order valence-electron chi connectivity index (χ0n) is 10.6. The van der Waals surface area contributed by atoms with Crippen LogP contribution in [-0.2, 0) is 19.6 Å². The van der Waals surface area contributed by atoms with Gasteiger partial charge in [0.05, 0.1) is 17.4 Å². The normalized spacial score (nSPS) is 19.6. The van der Waals surface area contributed by atoms with Gasteiger partial charge in [0.1, 0.15) is 5.82 Å². The molecule has 0 spiro atoms. The van der Waals surface area contributed by atoms with E-state index in [-0.39, 0.29) is 22.4 Å². The van der Waals surface area contributed by atoms with E-state index in [1.165, 1.54) is 0 Å². The summed E-state index contributed by atoms with van der Waals surface area (Å²) in [6, 6.07) is 2.96. The number of nitrogens with two attached hydrogens (primary N) is 1. The van der Waals surface area contributed by atoms with Crippen LogP contribution in [0.15, 0.2) is 23.1 Å². The standard InChI is InChI=1S/C12H15FN2O4S/c13-9-4-10(6-11(5-9)20(14,17)18)15-12(16)8-2-1-3-19-7-8/h4-6,8H,1-3,7H2,(H,15,16)(H2,14,17,18). The first-order valence-corrected chi connectivity index (χ1v) is 7.63. The number of hydrogen-bond acceptors (Lipinski definition) is 4. The number of carbonyl (C=O) groups excluding carboxylic acids is 1. The predicted molar refractivity (Wildman–Crippen MR) is 69.9 cm³/mol. The van der Waals surface area contributed by atoms with Gasteiger partial charge < -0.3 is 10.1 Å². The van der Waals surface area contributed by atoms with Crippen molar-refractivity contribution < 1.29 is 22.3 Å². The second-order valence-electron chi connectivity index (χ2n) is 4.62. The van der Waals surface area contributed by atoms with Gasteiger partial charge in [0.2, 0.25) is 15.9 Å². The summed E-state index contributed by atoms with van der Waals surface area (Å²) in [5, 5.41) is 7.43. The monoisotopic (exact) mass is 302 g/mol. The van der Waals surface area contributed by atoms with Crippen LogP contribution in [0.5, 0.6) is 0 Å². The van der Waals surface area contributed by atoms with Crippen molar-refractivity contribution in [1.82, 2.24) is 0 Å². The Bertz CT molecular complexity index is 612. The molecule has 110 valence electrons. The number of primary sulfonamides is 1. The minimum atomic E-state index is -4.02. The average Bonchev–Trinajstić information content (AvgIpc) is 2.38. The molecule has 0 aliphatic carbocycles. The molecule has 1 aromatic carbocycles. The second kappa shape index (κ2) is 5.86. The highest BCUT2D eigenvalue weighted by Gasteiger charge is 2.22. The molecule has 1 amide bonds. The molecule has 0 saturated carbocycles. The molecule has 2 rings (SSSR count). The summed E-state index contributed by atoms with van der Waals surface area (Å²) in [5.41, 5.74) is 0.0598. The number of benzene rings is 1. The molecule has 1 unspecified atom stereocenters. The fraction of sp³-hybridized carbons (Fsp3) is 0.417. The SMILES string of the molecule is NS(=O)(=O)c1cc(F)cc(NC(=O)C2CCCOC2)c1. The van der Waals surface area contributed by atoms with Gasteiger partial charge in [-0.05, 0) is 31.0 Å². The third-order valence-corrected chi connectivity index (χ3v) is 3.89. The van der Waals surface area contributed by atoms with Crippen molar-refractivity contribution >= 4 is 21.6 Å². The molecule has 1 fully saturated rings. The zero-order valence-corrected chi connectivity index (χ0v) is 11.5. The molecule has 0 radical (unpaired) electrons. The van der Waals surface area contributed by atoms with Gasteiger partial charge in [0.15, 0.2) is 0 Å². The van der Waals surface area contributed by atoms with E-state index >= 15 is 0 Å². The van der Waals surface area contributed by atoms with Crippen LogP contribution in [0.3, 0.4) is 0 Å².